The Labute approximate surface area is 247 Å². The first-order valence-corrected chi connectivity index (χ1v) is 14.8. The lowest BCUT2D eigenvalue weighted by Gasteiger charge is -2.32. The van der Waals surface area contributed by atoms with E-state index in [1.807, 2.05) is 4.98 Å². The van der Waals surface area contributed by atoms with Crippen LogP contribution in [0.1, 0.15) is 27.0 Å². The number of H-pyrrole nitrogens is 1. The van der Waals surface area contributed by atoms with Crippen molar-refractivity contribution in [1.82, 2.24) is 14.6 Å². The van der Waals surface area contributed by atoms with Gasteiger partial charge < -0.3 is 24.2 Å². The number of aliphatic hydroxyl groups is 2. The minimum Gasteiger partial charge on any atom is -0.462 e. The third kappa shape index (κ3) is 6.83. The number of halogens is 3. The highest BCUT2D eigenvalue weighted by molar-refractivity contribution is 7.52. The average Bonchev–Trinajstić information content (AvgIpc) is 3.20. The number of nitrogens with zero attached hydrogens (tertiary/aromatic N) is 1. The molecular formula is C26H29ClF2N3O10P. The molecule has 1 aromatic heterocycles. The third-order valence-electron chi connectivity index (χ3n) is 6.51. The normalized spacial score (nSPS) is 24.3. The molecule has 6 atom stereocenters. The van der Waals surface area contributed by atoms with Gasteiger partial charge >= 0.3 is 19.4 Å². The van der Waals surface area contributed by atoms with Crippen molar-refractivity contribution in [3.05, 3.63) is 74.5 Å². The Hall–Kier alpha value is -3.17. The molecule has 2 heterocycles. The lowest BCUT2D eigenvalue weighted by Crippen LogP contribution is -2.53. The van der Waals surface area contributed by atoms with Gasteiger partial charge in [0.2, 0.25) is 0 Å². The van der Waals surface area contributed by atoms with Gasteiger partial charge in [-0.15, -0.1) is 0 Å². The zero-order valence-corrected chi connectivity index (χ0v) is 24.6. The van der Waals surface area contributed by atoms with Crippen LogP contribution in [0.5, 0.6) is 5.75 Å². The van der Waals surface area contributed by atoms with E-state index in [0.29, 0.717) is 15.3 Å². The van der Waals surface area contributed by atoms with Crippen LogP contribution in [0.3, 0.4) is 0 Å². The number of aliphatic hydroxyl groups excluding tert-OH is 2. The van der Waals surface area contributed by atoms with E-state index in [-0.39, 0.29) is 5.75 Å². The van der Waals surface area contributed by atoms with Crippen LogP contribution in [0, 0.1) is 0 Å². The minimum absolute atomic E-state index is 0.00434. The Morgan fingerprint density at radius 1 is 1.19 bits per heavy atom. The minimum atomic E-state index is -4.79. The number of aromatic amines is 1. The van der Waals surface area contributed by atoms with Gasteiger partial charge in [-0.1, -0.05) is 48.0 Å². The van der Waals surface area contributed by atoms with E-state index in [4.69, 9.17) is 30.1 Å². The maximum atomic E-state index is 14.6. The van der Waals surface area contributed by atoms with Gasteiger partial charge in [0.15, 0.2) is 11.8 Å². The smallest absolute Gasteiger partial charge is 0.459 e. The van der Waals surface area contributed by atoms with Crippen molar-refractivity contribution in [2.24, 2.45) is 0 Å². The zero-order chi connectivity index (χ0) is 31.7. The van der Waals surface area contributed by atoms with Crippen LogP contribution in [0.2, 0.25) is 5.02 Å². The summed E-state index contributed by atoms with van der Waals surface area (Å²) in [7, 11) is -4.79. The van der Waals surface area contributed by atoms with Crippen molar-refractivity contribution in [2.75, 3.05) is 6.61 Å². The summed E-state index contributed by atoms with van der Waals surface area (Å²) in [5, 5.41) is 24.3. The number of rotatable bonds is 11. The van der Waals surface area contributed by atoms with Crippen molar-refractivity contribution in [3.8, 4) is 5.75 Å². The van der Waals surface area contributed by atoms with Gasteiger partial charge in [-0.05, 0) is 32.2 Å². The molecule has 4 N–H and O–H groups in total. The molecule has 17 heteroatoms. The molecular weight excluding hydrogens is 619 g/mol. The molecule has 4 rings (SSSR count). The van der Waals surface area contributed by atoms with Crippen LogP contribution in [-0.4, -0.2) is 68.7 Å². The molecule has 0 spiro atoms. The average molecular weight is 648 g/mol. The molecule has 0 aliphatic carbocycles. The number of aromatic nitrogens is 2. The molecule has 0 saturated carbocycles. The molecule has 1 fully saturated rings. The second-order valence-corrected chi connectivity index (χ2v) is 12.1. The van der Waals surface area contributed by atoms with Gasteiger partial charge in [0.25, 0.3) is 12.0 Å². The van der Waals surface area contributed by atoms with E-state index < -0.39 is 79.2 Å². The van der Waals surface area contributed by atoms with Crippen molar-refractivity contribution >= 4 is 36.1 Å². The fraction of sp³-hybridized carbons (Fsp3) is 0.423. The van der Waals surface area contributed by atoms with Crippen LogP contribution in [0.4, 0.5) is 8.78 Å². The Morgan fingerprint density at radius 3 is 2.53 bits per heavy atom. The Morgan fingerprint density at radius 2 is 1.86 bits per heavy atom. The third-order valence-corrected chi connectivity index (χ3v) is 8.39. The number of hydrogen-bond donors (Lipinski definition) is 4. The number of alkyl halides is 2. The van der Waals surface area contributed by atoms with Crippen molar-refractivity contribution in [3.63, 3.8) is 0 Å². The van der Waals surface area contributed by atoms with E-state index in [1.165, 1.54) is 13.0 Å². The summed E-state index contributed by atoms with van der Waals surface area (Å²) in [4.78, 5) is 38.3. The van der Waals surface area contributed by atoms with Gasteiger partial charge in [-0.3, -0.25) is 23.7 Å². The van der Waals surface area contributed by atoms with Crippen molar-refractivity contribution < 1.29 is 46.9 Å². The summed E-state index contributed by atoms with van der Waals surface area (Å²) < 4.78 is 65.4. The van der Waals surface area contributed by atoms with Crippen molar-refractivity contribution in [1.29, 1.82) is 0 Å². The lowest BCUT2D eigenvalue weighted by molar-refractivity contribution is -0.192. The Kier molecular flexibility index (Phi) is 9.76. The fourth-order valence-corrected chi connectivity index (χ4v) is 6.05. The first-order valence-electron chi connectivity index (χ1n) is 12.9. The molecule has 0 bridgehead atoms. The van der Waals surface area contributed by atoms with E-state index in [0.717, 1.165) is 6.20 Å². The van der Waals surface area contributed by atoms with Gasteiger partial charge in [0.05, 0.1) is 12.7 Å². The molecule has 43 heavy (non-hydrogen) atoms. The number of carbonyl (C=O) groups is 1. The molecule has 0 radical (unpaired) electrons. The van der Waals surface area contributed by atoms with Crippen LogP contribution in [-0.2, 0) is 23.4 Å². The number of carbonyl (C=O) groups excluding carboxylic acids is 1. The van der Waals surface area contributed by atoms with E-state index >= 15 is 0 Å². The SMILES string of the molecule is CC(C)OC(=O)[C@H](C)NP(=O)(OC[C@@]1(C(F)F)O[C@@H](n2cc(Cl)c(=O)[nH]c2=O)[C@H](O)[C@@H]1O)Oc1cccc2ccccc12. The van der Waals surface area contributed by atoms with Crippen LogP contribution < -0.4 is 20.9 Å². The number of esters is 1. The van der Waals surface area contributed by atoms with Gasteiger partial charge in [-0.2, -0.15) is 5.09 Å². The van der Waals surface area contributed by atoms with Crippen molar-refractivity contribution in [2.45, 2.75) is 63.4 Å². The molecule has 234 valence electrons. The molecule has 3 aromatic rings. The number of benzene rings is 2. The fourth-order valence-electron chi connectivity index (χ4n) is 4.35. The van der Waals surface area contributed by atoms with Crippen LogP contribution in [0.25, 0.3) is 10.8 Å². The Balaban J connectivity index is 1.69. The highest BCUT2D eigenvalue weighted by Crippen LogP contribution is 2.50. The predicted octanol–water partition coefficient (Wildman–Crippen LogP) is 2.73. The summed E-state index contributed by atoms with van der Waals surface area (Å²) in [6.07, 6.45) is -9.94. The maximum absolute atomic E-state index is 14.6. The second-order valence-electron chi connectivity index (χ2n) is 10.0. The summed E-state index contributed by atoms with van der Waals surface area (Å²) in [5.41, 5.74) is -5.24. The van der Waals surface area contributed by atoms with E-state index in [1.54, 1.807) is 50.2 Å². The molecule has 13 nitrogen and oxygen atoms in total. The van der Waals surface area contributed by atoms with Gasteiger partial charge in [0, 0.05) is 11.6 Å². The summed E-state index contributed by atoms with van der Waals surface area (Å²) in [6, 6.07) is 10.2. The van der Waals surface area contributed by atoms with Crippen LogP contribution in [0.15, 0.2) is 58.3 Å². The molecule has 2 aromatic carbocycles. The zero-order valence-electron chi connectivity index (χ0n) is 23.0. The van der Waals surface area contributed by atoms with E-state index in [9.17, 15) is 37.9 Å². The summed E-state index contributed by atoms with van der Waals surface area (Å²) in [6.45, 7) is 3.08. The van der Waals surface area contributed by atoms with Crippen LogP contribution >= 0.6 is 19.3 Å². The molecule has 1 aliphatic heterocycles. The van der Waals surface area contributed by atoms with E-state index in [2.05, 4.69) is 5.09 Å². The first-order chi connectivity index (χ1) is 20.2. The highest BCUT2D eigenvalue weighted by atomic mass is 35.5. The number of fused-ring (bicyclic) bond motifs is 1. The number of nitrogens with one attached hydrogen (secondary N) is 2. The molecule has 1 saturated heterocycles. The highest BCUT2D eigenvalue weighted by Gasteiger charge is 2.61. The standard InChI is InChI=1S/C26H29ClF2N3O10P/c1-13(2)40-23(36)14(3)31-43(38,42-18-10-6-8-15-7-4-5-9-16(15)18)39-12-26(24(28)29)20(34)19(33)22(41-26)32-11-17(27)21(35)30-25(32)37/h4-11,13-14,19-20,22,24,33-34H,12H2,1-3H3,(H,31,38)(H,30,35,37)/t14-,19+,20-,22+,26+,43?/m0/s1. The summed E-state index contributed by atoms with van der Waals surface area (Å²) >= 11 is 5.75. The quantitative estimate of drug-likeness (QED) is 0.178. The first kappa shape index (κ1) is 32.7. The maximum Gasteiger partial charge on any atom is 0.459 e. The lowest BCUT2D eigenvalue weighted by atomic mass is 9.96. The summed E-state index contributed by atoms with van der Waals surface area (Å²) in [5.74, 6) is -0.851. The predicted molar refractivity (Wildman–Crippen MR) is 149 cm³/mol. The monoisotopic (exact) mass is 647 g/mol. The molecule has 1 aliphatic rings. The van der Waals surface area contributed by atoms with Gasteiger partial charge in [0.1, 0.15) is 29.0 Å². The number of hydrogen-bond acceptors (Lipinski definition) is 10. The molecule has 1 unspecified atom stereocenters. The number of ether oxygens (including phenoxy) is 2. The largest absolute Gasteiger partial charge is 0.462 e. The second kappa shape index (κ2) is 12.8. The van der Waals surface area contributed by atoms with Gasteiger partial charge in [-0.25, -0.2) is 18.1 Å². The molecule has 0 amide bonds. The topological polar surface area (TPSA) is 178 Å². The Bertz CT molecular complexity index is 1650.